The lowest BCUT2D eigenvalue weighted by atomic mass is 10.2. The molecule has 0 aliphatic carbocycles. The molecule has 1 N–H and O–H groups in total. The van der Waals surface area contributed by atoms with Crippen LogP contribution in [-0.4, -0.2) is 60.7 Å². The Morgan fingerprint density at radius 2 is 2.27 bits per heavy atom. The normalized spacial score (nSPS) is 19.3. The summed E-state index contributed by atoms with van der Waals surface area (Å²) in [7, 11) is 1.58. The number of rotatable bonds is 7. The van der Waals surface area contributed by atoms with Gasteiger partial charge < -0.3 is 19.7 Å². The Kier molecular flexibility index (Phi) is 6.19. The average Bonchev–Trinajstić information content (AvgIpc) is 3.32. The van der Waals surface area contributed by atoms with Crippen molar-refractivity contribution in [2.24, 2.45) is 0 Å². The topological polar surface area (TPSA) is 80.8 Å². The fourth-order valence-electron chi connectivity index (χ4n) is 2.90. The van der Waals surface area contributed by atoms with Crippen molar-refractivity contribution in [2.45, 2.75) is 18.6 Å². The van der Waals surface area contributed by atoms with Gasteiger partial charge in [0.15, 0.2) is 0 Å². The SMILES string of the molecule is COCCNC(=O)[C@H]1C[C@H](Oc2cccnc2)CN1C(=O)c1cccs1. The van der Waals surface area contributed by atoms with Gasteiger partial charge in [-0.25, -0.2) is 0 Å². The van der Waals surface area contributed by atoms with Gasteiger partial charge in [0.2, 0.25) is 5.91 Å². The monoisotopic (exact) mass is 375 g/mol. The summed E-state index contributed by atoms with van der Waals surface area (Å²) in [4.78, 5) is 31.6. The van der Waals surface area contributed by atoms with Crippen LogP contribution in [0.1, 0.15) is 16.1 Å². The molecule has 26 heavy (non-hydrogen) atoms. The highest BCUT2D eigenvalue weighted by molar-refractivity contribution is 7.12. The van der Waals surface area contributed by atoms with Crippen LogP contribution in [0.2, 0.25) is 0 Å². The highest BCUT2D eigenvalue weighted by atomic mass is 32.1. The van der Waals surface area contributed by atoms with Crippen LogP contribution in [0.15, 0.2) is 42.0 Å². The van der Waals surface area contributed by atoms with Crippen LogP contribution in [0.3, 0.4) is 0 Å². The molecule has 2 atom stereocenters. The van der Waals surface area contributed by atoms with E-state index < -0.39 is 6.04 Å². The van der Waals surface area contributed by atoms with E-state index in [4.69, 9.17) is 9.47 Å². The molecular formula is C18H21N3O4S. The molecule has 3 rings (SSSR count). The molecule has 3 heterocycles. The maximum Gasteiger partial charge on any atom is 0.264 e. The number of nitrogens with zero attached hydrogens (tertiary/aromatic N) is 2. The van der Waals surface area contributed by atoms with Crippen LogP contribution in [0.4, 0.5) is 0 Å². The second kappa shape index (κ2) is 8.77. The Morgan fingerprint density at radius 1 is 1.38 bits per heavy atom. The van der Waals surface area contributed by atoms with Crippen molar-refractivity contribution in [2.75, 3.05) is 26.8 Å². The van der Waals surface area contributed by atoms with E-state index in [1.54, 1.807) is 36.5 Å². The molecule has 0 aromatic carbocycles. The second-order valence-electron chi connectivity index (χ2n) is 5.90. The van der Waals surface area contributed by atoms with Gasteiger partial charge in [0, 0.05) is 26.3 Å². The molecular weight excluding hydrogens is 354 g/mol. The number of pyridine rings is 1. The number of carbonyl (C=O) groups is 2. The summed E-state index contributed by atoms with van der Waals surface area (Å²) in [5.74, 6) is 0.287. The van der Waals surface area contributed by atoms with Crippen molar-refractivity contribution in [1.29, 1.82) is 0 Å². The van der Waals surface area contributed by atoms with E-state index in [1.165, 1.54) is 11.3 Å². The zero-order valence-electron chi connectivity index (χ0n) is 14.5. The van der Waals surface area contributed by atoms with Gasteiger partial charge >= 0.3 is 0 Å². The molecule has 138 valence electrons. The number of nitrogens with one attached hydrogen (secondary N) is 1. The van der Waals surface area contributed by atoms with Crippen molar-refractivity contribution >= 4 is 23.2 Å². The average molecular weight is 375 g/mol. The first-order valence-electron chi connectivity index (χ1n) is 8.37. The van der Waals surface area contributed by atoms with E-state index in [9.17, 15) is 9.59 Å². The number of thiophene rings is 1. The van der Waals surface area contributed by atoms with E-state index >= 15 is 0 Å². The standard InChI is InChI=1S/C18H21N3O4S/c1-24-8-7-20-17(22)15-10-14(25-13-4-2-6-19-11-13)12-21(15)18(23)16-5-3-9-26-16/h2-6,9,11,14-15H,7-8,10,12H2,1H3,(H,20,22)/t14-,15+/m0/s1. The lowest BCUT2D eigenvalue weighted by Crippen LogP contribution is -2.46. The molecule has 8 heteroatoms. The third-order valence-electron chi connectivity index (χ3n) is 4.10. The molecule has 0 spiro atoms. The van der Waals surface area contributed by atoms with Gasteiger partial charge in [-0.3, -0.25) is 14.6 Å². The van der Waals surface area contributed by atoms with Gasteiger partial charge in [-0.1, -0.05) is 6.07 Å². The van der Waals surface area contributed by atoms with E-state index in [2.05, 4.69) is 10.3 Å². The lowest BCUT2D eigenvalue weighted by Gasteiger charge is -2.23. The minimum absolute atomic E-state index is 0.149. The Hall–Kier alpha value is -2.45. The molecule has 7 nitrogen and oxygen atoms in total. The molecule has 0 bridgehead atoms. The molecule has 1 fully saturated rings. The third-order valence-corrected chi connectivity index (χ3v) is 4.96. The Bertz CT molecular complexity index is 723. The fraction of sp³-hybridized carbons (Fsp3) is 0.389. The number of carbonyl (C=O) groups excluding carboxylic acids is 2. The number of likely N-dealkylation sites (tertiary alicyclic amines) is 1. The van der Waals surface area contributed by atoms with Crippen LogP contribution >= 0.6 is 11.3 Å². The number of ether oxygens (including phenoxy) is 2. The van der Waals surface area contributed by atoms with Crippen molar-refractivity contribution < 1.29 is 19.1 Å². The van der Waals surface area contributed by atoms with Gasteiger partial charge in [-0.05, 0) is 23.6 Å². The predicted molar refractivity (Wildman–Crippen MR) is 97.3 cm³/mol. The van der Waals surface area contributed by atoms with Crippen LogP contribution < -0.4 is 10.1 Å². The van der Waals surface area contributed by atoms with Crippen molar-refractivity contribution in [1.82, 2.24) is 15.2 Å². The summed E-state index contributed by atoms with van der Waals surface area (Å²) in [5, 5.41) is 4.67. The summed E-state index contributed by atoms with van der Waals surface area (Å²) in [5.41, 5.74) is 0. The molecule has 2 amide bonds. The summed E-state index contributed by atoms with van der Waals surface area (Å²) >= 11 is 1.36. The summed E-state index contributed by atoms with van der Waals surface area (Å²) in [6, 6.07) is 6.62. The molecule has 0 radical (unpaired) electrons. The number of aromatic nitrogens is 1. The molecule has 0 unspecified atom stereocenters. The molecule has 2 aromatic heterocycles. The zero-order valence-corrected chi connectivity index (χ0v) is 15.3. The van der Waals surface area contributed by atoms with Crippen molar-refractivity contribution in [3.8, 4) is 5.75 Å². The number of methoxy groups -OCH3 is 1. The molecule has 1 aliphatic heterocycles. The van der Waals surface area contributed by atoms with Gasteiger partial charge in [0.25, 0.3) is 5.91 Å². The molecule has 2 aromatic rings. The quantitative estimate of drug-likeness (QED) is 0.743. The Labute approximate surface area is 155 Å². The van der Waals surface area contributed by atoms with Gasteiger partial charge in [0.05, 0.1) is 24.2 Å². The minimum Gasteiger partial charge on any atom is -0.487 e. The Morgan fingerprint density at radius 3 is 2.96 bits per heavy atom. The Balaban J connectivity index is 1.72. The van der Waals surface area contributed by atoms with Crippen LogP contribution in [-0.2, 0) is 9.53 Å². The van der Waals surface area contributed by atoms with Gasteiger partial charge in [-0.2, -0.15) is 0 Å². The van der Waals surface area contributed by atoms with Crippen LogP contribution in [0.5, 0.6) is 5.75 Å². The molecule has 1 aliphatic rings. The maximum absolute atomic E-state index is 12.8. The van der Waals surface area contributed by atoms with Crippen LogP contribution in [0.25, 0.3) is 0 Å². The maximum atomic E-state index is 12.8. The number of hydrogen-bond donors (Lipinski definition) is 1. The number of amides is 2. The smallest absolute Gasteiger partial charge is 0.264 e. The van der Waals surface area contributed by atoms with Crippen molar-refractivity contribution in [3.63, 3.8) is 0 Å². The summed E-state index contributed by atoms with van der Waals surface area (Å²) in [6.07, 6.45) is 3.46. The fourth-order valence-corrected chi connectivity index (χ4v) is 3.58. The lowest BCUT2D eigenvalue weighted by molar-refractivity contribution is -0.125. The summed E-state index contributed by atoms with van der Waals surface area (Å²) < 4.78 is 10.9. The second-order valence-corrected chi connectivity index (χ2v) is 6.85. The highest BCUT2D eigenvalue weighted by Gasteiger charge is 2.41. The van der Waals surface area contributed by atoms with Gasteiger partial charge in [-0.15, -0.1) is 11.3 Å². The zero-order chi connectivity index (χ0) is 18.4. The largest absolute Gasteiger partial charge is 0.487 e. The first-order chi connectivity index (χ1) is 12.7. The van der Waals surface area contributed by atoms with Crippen LogP contribution in [0, 0.1) is 0 Å². The minimum atomic E-state index is -0.567. The predicted octanol–water partition coefficient (Wildman–Crippen LogP) is 1.57. The summed E-state index contributed by atoms with van der Waals surface area (Å²) in [6.45, 7) is 1.18. The van der Waals surface area contributed by atoms with E-state index in [0.29, 0.717) is 36.7 Å². The van der Waals surface area contributed by atoms with E-state index in [1.807, 2.05) is 17.5 Å². The molecule has 1 saturated heterocycles. The number of hydrogen-bond acceptors (Lipinski definition) is 6. The van der Waals surface area contributed by atoms with E-state index in [-0.39, 0.29) is 17.9 Å². The third kappa shape index (κ3) is 4.39. The first kappa shape index (κ1) is 18.3. The molecule has 0 saturated carbocycles. The highest BCUT2D eigenvalue weighted by Crippen LogP contribution is 2.26. The van der Waals surface area contributed by atoms with Gasteiger partial charge in [0.1, 0.15) is 17.9 Å². The first-order valence-corrected chi connectivity index (χ1v) is 9.25. The van der Waals surface area contributed by atoms with E-state index in [0.717, 1.165) is 0 Å². The van der Waals surface area contributed by atoms with Crippen molar-refractivity contribution in [3.05, 3.63) is 46.9 Å².